The third-order valence-corrected chi connectivity index (χ3v) is 17.8. The number of phenols is 6. The highest BCUT2D eigenvalue weighted by molar-refractivity contribution is 6.32. The summed E-state index contributed by atoms with van der Waals surface area (Å²) >= 11 is 14.1. The number of aromatic hydroxyl groups is 6. The van der Waals surface area contributed by atoms with E-state index in [0.717, 1.165) is 99.0 Å². The van der Waals surface area contributed by atoms with Crippen LogP contribution < -0.4 is 51.4 Å². The van der Waals surface area contributed by atoms with E-state index in [9.17, 15) is 65.9 Å². The summed E-state index contributed by atoms with van der Waals surface area (Å²) in [6.07, 6.45) is -10.2. The summed E-state index contributed by atoms with van der Waals surface area (Å²) in [5.74, 6) is -16.7. The predicted octanol–water partition coefficient (Wildman–Crippen LogP) is 4.39. The number of phenolic OH excluding ortho intramolecular Hbond substituents is 6. The van der Waals surface area contributed by atoms with Gasteiger partial charge in [0.05, 0.1) is 23.8 Å². The lowest BCUT2D eigenvalue weighted by atomic mass is 9.89. The maximum atomic E-state index is 16.2. The van der Waals surface area contributed by atoms with Gasteiger partial charge in [0, 0.05) is 47.1 Å². The maximum Gasteiger partial charge on any atom is 0.333 e. The standard InChI is InChI=1S/C67H58Cl2N10O23/c1-24(81)71-54-58(89)57(88)47(23-80)101-67(54)102-59-28-6-10-43(37(69)16-28)100-46-19-30-18-45(56(46)87)99-42-9-3-25(11-36(42)68)12-38-60(90)73-50(29-13-31(82)20-33(14-29)98-44-17-27(5-8-40(44)85)52(78-79-70)64(94)72-38)62(92)75-51(30)63(93)74-49-26-4-7-39(84)34(15-26)48-35(21-32(83)22-41(48)86)53(66(96)97-2)76-65(95)55(59)77-61(49)91/h3-11,13-22,38,47,49-55,57-59,67,80,82-89H,12,23H2,1-2H3,(H,71,81)(H,72,94)(H,73,90)(H,74,93)(H,75,92)(H,76,95)(H,77,91)/t38-,47-,49-,50+,51-,52?,53-,54-,55+,57-,58-,59-,67+/m1/s1. The molecule has 1 fully saturated rings. The average molecular weight is 1440 g/mol. The van der Waals surface area contributed by atoms with Crippen molar-refractivity contribution >= 4 is 70.5 Å². The fourth-order valence-corrected chi connectivity index (χ4v) is 12.8. The average Bonchev–Trinajstić information content (AvgIpc) is 0.767. The topological polar surface area (TPSA) is 507 Å². The summed E-state index contributed by atoms with van der Waals surface area (Å²) in [5.41, 5.74) is 7.18. The lowest BCUT2D eigenvalue weighted by Crippen LogP contribution is -2.65. The van der Waals surface area contributed by atoms with Gasteiger partial charge in [-0.25, -0.2) is 4.79 Å². The van der Waals surface area contributed by atoms with Crippen molar-refractivity contribution in [3.05, 3.63) is 175 Å². The molecule has 14 rings (SSSR count). The van der Waals surface area contributed by atoms with Crippen LogP contribution in [-0.2, 0) is 59.0 Å². The van der Waals surface area contributed by atoms with E-state index in [4.69, 9.17) is 51.6 Å². The number of ether oxygens (including phenoxy) is 6. The molecule has 33 nitrogen and oxygen atoms in total. The van der Waals surface area contributed by atoms with E-state index >= 15 is 24.0 Å². The summed E-state index contributed by atoms with van der Waals surface area (Å²) in [6, 6.07) is 4.73. The lowest BCUT2D eigenvalue weighted by molar-refractivity contribution is -0.284. The number of methoxy groups -OCH3 is 1. The van der Waals surface area contributed by atoms with Crippen LogP contribution >= 0.6 is 23.2 Å². The first kappa shape index (κ1) is 70.1. The van der Waals surface area contributed by atoms with Crippen molar-refractivity contribution in [3.63, 3.8) is 0 Å². The summed E-state index contributed by atoms with van der Waals surface area (Å²) in [6.45, 7) is 0.0383. The normalized spacial score (nSPS) is 24.7. The molecule has 0 saturated carbocycles. The van der Waals surface area contributed by atoms with Gasteiger partial charge in [0.2, 0.25) is 47.1 Å². The van der Waals surface area contributed by atoms with Crippen LogP contribution in [0.2, 0.25) is 10.0 Å². The van der Waals surface area contributed by atoms with Gasteiger partial charge >= 0.3 is 5.97 Å². The number of rotatable bonds is 6. The molecule has 7 heterocycles. The number of azide groups is 1. The van der Waals surface area contributed by atoms with Gasteiger partial charge < -0.3 is 112 Å². The van der Waals surface area contributed by atoms with Crippen molar-refractivity contribution < 1.29 is 113 Å². The predicted molar refractivity (Wildman–Crippen MR) is 349 cm³/mol. The van der Waals surface area contributed by atoms with Gasteiger partial charge in [-0.2, -0.15) is 0 Å². The van der Waals surface area contributed by atoms with E-state index in [-0.39, 0.29) is 55.8 Å². The molecule has 1 saturated heterocycles. The largest absolute Gasteiger partial charge is 0.508 e. The third kappa shape index (κ3) is 14.0. The smallest absolute Gasteiger partial charge is 0.333 e. The molecule has 0 spiro atoms. The lowest BCUT2D eigenvalue weighted by Gasteiger charge is -2.44. The van der Waals surface area contributed by atoms with Crippen molar-refractivity contribution in [1.29, 1.82) is 0 Å². The van der Waals surface area contributed by atoms with Gasteiger partial charge in [0.15, 0.2) is 35.3 Å². The van der Waals surface area contributed by atoms with Gasteiger partial charge in [0.25, 0.3) is 0 Å². The van der Waals surface area contributed by atoms with Crippen molar-refractivity contribution in [3.8, 4) is 80.1 Å². The molecule has 102 heavy (non-hydrogen) atoms. The minimum atomic E-state index is -2.34. The molecule has 7 aromatic carbocycles. The Morgan fingerprint density at radius 1 is 0.608 bits per heavy atom. The molecule has 0 radical (unpaired) electrons. The number of aliphatic hydroxyl groups excluding tert-OH is 3. The Kier molecular flexibility index (Phi) is 19.5. The van der Waals surface area contributed by atoms with E-state index in [2.05, 4.69) is 47.2 Å². The van der Waals surface area contributed by atoms with E-state index in [1.807, 2.05) is 0 Å². The summed E-state index contributed by atoms with van der Waals surface area (Å²) in [7, 11) is 0.915. The van der Waals surface area contributed by atoms with Crippen LogP contribution in [0.1, 0.15) is 82.2 Å². The maximum absolute atomic E-state index is 16.2. The highest BCUT2D eigenvalue weighted by Gasteiger charge is 2.49. The number of aliphatic hydroxyl groups is 3. The molecule has 13 atom stereocenters. The van der Waals surface area contributed by atoms with Crippen LogP contribution in [0.25, 0.3) is 21.6 Å². The monoisotopic (exact) mass is 1440 g/mol. The summed E-state index contributed by atoms with van der Waals surface area (Å²) in [5, 5.41) is 123. The van der Waals surface area contributed by atoms with Crippen LogP contribution in [0.3, 0.4) is 0 Å². The number of hydrogen-bond acceptors (Lipinski definition) is 24. The van der Waals surface area contributed by atoms with E-state index < -0.39 is 213 Å². The Morgan fingerprint density at radius 3 is 1.87 bits per heavy atom. The molecule has 528 valence electrons. The number of nitrogens with one attached hydrogen (secondary N) is 7. The number of benzene rings is 7. The molecule has 7 amide bonds. The molecule has 0 aromatic heterocycles. The Morgan fingerprint density at radius 2 is 1.22 bits per heavy atom. The third-order valence-electron chi connectivity index (χ3n) is 17.2. The first-order valence-electron chi connectivity index (χ1n) is 30.7. The van der Waals surface area contributed by atoms with Gasteiger partial charge in [-0.05, 0) is 118 Å². The summed E-state index contributed by atoms with van der Waals surface area (Å²) < 4.78 is 36.3. The van der Waals surface area contributed by atoms with Gasteiger partial charge in [-0.1, -0.05) is 52.6 Å². The van der Waals surface area contributed by atoms with Crippen LogP contribution in [-0.4, -0.2) is 150 Å². The first-order valence-corrected chi connectivity index (χ1v) is 31.5. The number of nitrogens with zero attached hydrogens (tertiary/aromatic N) is 3. The van der Waals surface area contributed by atoms with Gasteiger partial charge in [-0.3, -0.25) is 33.6 Å². The zero-order chi connectivity index (χ0) is 72.9. The van der Waals surface area contributed by atoms with E-state index in [1.54, 1.807) is 0 Å². The second-order valence-electron chi connectivity index (χ2n) is 24.0. The second-order valence-corrected chi connectivity index (χ2v) is 24.8. The van der Waals surface area contributed by atoms with Crippen molar-refractivity contribution in [2.75, 3.05) is 13.7 Å². The molecule has 35 heteroatoms. The number of fused-ring (bicyclic) bond motifs is 14. The van der Waals surface area contributed by atoms with Crippen LogP contribution in [0.4, 0.5) is 0 Å². The number of hydrogen-bond donors (Lipinski definition) is 16. The zero-order valence-corrected chi connectivity index (χ0v) is 54.2. The molecule has 16 N–H and O–H groups in total. The van der Waals surface area contributed by atoms with Gasteiger partial charge in [-0.15, -0.1) is 0 Å². The molecular formula is C67H58Cl2N10O23. The Bertz CT molecular complexity index is 4690. The van der Waals surface area contributed by atoms with E-state index in [0.29, 0.717) is 0 Å². The Hall–Kier alpha value is -11.8. The van der Waals surface area contributed by atoms with Crippen molar-refractivity contribution in [2.24, 2.45) is 5.11 Å². The molecular weight excluding hydrogens is 1380 g/mol. The van der Waals surface area contributed by atoms with Crippen molar-refractivity contribution in [2.45, 2.75) is 92.4 Å². The van der Waals surface area contributed by atoms with Crippen LogP contribution in [0.15, 0.2) is 120 Å². The molecule has 1 unspecified atom stereocenters. The minimum Gasteiger partial charge on any atom is -0.508 e. The number of halogens is 2. The van der Waals surface area contributed by atoms with Gasteiger partial charge in [0.1, 0.15) is 107 Å². The Labute approximate surface area is 584 Å². The quantitative estimate of drug-likeness (QED) is 0.0475. The molecule has 7 aliphatic rings. The van der Waals surface area contributed by atoms with Crippen molar-refractivity contribution in [1.82, 2.24) is 37.2 Å². The Balaban J connectivity index is 1.10. The fourth-order valence-electron chi connectivity index (χ4n) is 12.3. The fraction of sp³-hybridized carbons (Fsp3) is 0.254. The molecule has 7 aliphatic heterocycles. The number of carbonyl (C=O) groups excluding carboxylic acids is 8. The second kappa shape index (κ2) is 28.4. The van der Waals surface area contributed by atoms with E-state index in [1.165, 1.54) is 30.3 Å². The number of esters is 1. The molecule has 7 aromatic rings. The highest BCUT2D eigenvalue weighted by atomic mass is 35.5. The number of carbonyl (C=O) groups is 8. The zero-order valence-electron chi connectivity index (χ0n) is 52.7. The highest BCUT2D eigenvalue weighted by Crippen LogP contribution is 2.49. The first-order chi connectivity index (χ1) is 48.7. The molecule has 0 aliphatic carbocycles. The summed E-state index contributed by atoms with van der Waals surface area (Å²) in [4.78, 5) is 123. The van der Waals surface area contributed by atoms with Crippen LogP contribution in [0.5, 0.6) is 69.0 Å². The van der Waals surface area contributed by atoms with Crippen LogP contribution in [0, 0.1) is 0 Å². The minimum absolute atomic E-state index is 0.0497. The number of amides is 7. The molecule has 17 bridgehead atoms. The SMILES string of the molecule is COC(=O)[C@@H]1NC(=O)[C@H]2NC(=O)[C@H](NC(=O)[C@@H]3NC(=O)[C@H]4NC(=O)[C@@H](Cc5ccc(c(Cl)c5)Oc5cc3cc(c5O)Oc3ccc(cc3Cl)[C@H]2O[C@@H]2O[C@H](CO)[C@@H](O)[C@H](O)[C@H]2NC(C)=O)NC(=O)C(N=[N+]=[N-])c2ccc(O)c(c2)Oc2cc(O)cc4c2)c2ccc(O)c(c2)-c2c(O)cc(O)cc21.